The van der Waals surface area contributed by atoms with Gasteiger partial charge in [-0.05, 0) is 88.5 Å². The maximum Gasteiger partial charge on any atom is 0.127 e. The molecule has 1 unspecified atom stereocenters. The first-order valence-electron chi connectivity index (χ1n) is 10.5. The molecular formula is C24H31N3O. The largest absolute Gasteiger partial charge is 0.494 e. The molecule has 2 aromatic carbocycles. The third-order valence-corrected chi connectivity index (χ3v) is 6.02. The van der Waals surface area contributed by atoms with Gasteiger partial charge in [-0.15, -0.1) is 0 Å². The lowest BCUT2D eigenvalue weighted by molar-refractivity contribution is 0.245. The van der Waals surface area contributed by atoms with Crippen LogP contribution in [0.1, 0.15) is 49.2 Å². The molecule has 0 N–H and O–H groups in total. The standard InChI is InChI=1S/C24H31N3O/c1-18-11-12-21(17-19(18)2)28-16-8-15-27-23-10-5-4-9-22(23)25-24(27)20(3)26-13-6-7-14-26/h4-5,9-12,17,20H,6-8,13-16H2,1-3H3. The Morgan fingerprint density at radius 1 is 1.04 bits per heavy atom. The summed E-state index contributed by atoms with van der Waals surface area (Å²) in [5, 5.41) is 0. The highest BCUT2D eigenvalue weighted by Crippen LogP contribution is 2.27. The monoisotopic (exact) mass is 377 g/mol. The molecule has 1 atom stereocenters. The first kappa shape index (κ1) is 19.0. The van der Waals surface area contributed by atoms with Crippen LogP contribution in [0.2, 0.25) is 0 Å². The number of rotatable bonds is 7. The minimum atomic E-state index is 0.357. The fraction of sp³-hybridized carbons (Fsp3) is 0.458. The van der Waals surface area contributed by atoms with Gasteiger partial charge in [0.25, 0.3) is 0 Å². The minimum Gasteiger partial charge on any atom is -0.494 e. The Morgan fingerprint density at radius 3 is 2.61 bits per heavy atom. The number of likely N-dealkylation sites (tertiary alicyclic amines) is 1. The summed E-state index contributed by atoms with van der Waals surface area (Å²) in [7, 11) is 0. The summed E-state index contributed by atoms with van der Waals surface area (Å²) in [6.45, 7) is 10.6. The summed E-state index contributed by atoms with van der Waals surface area (Å²) in [6.07, 6.45) is 3.57. The Labute approximate surface area is 168 Å². The van der Waals surface area contributed by atoms with Gasteiger partial charge in [0.2, 0.25) is 0 Å². The van der Waals surface area contributed by atoms with Gasteiger partial charge in [0.15, 0.2) is 0 Å². The lowest BCUT2D eigenvalue weighted by Gasteiger charge is -2.24. The van der Waals surface area contributed by atoms with Gasteiger partial charge in [-0.1, -0.05) is 18.2 Å². The molecule has 2 heterocycles. The Bertz CT molecular complexity index is 940. The third kappa shape index (κ3) is 3.93. The highest BCUT2D eigenvalue weighted by molar-refractivity contribution is 5.76. The summed E-state index contributed by atoms with van der Waals surface area (Å²) in [6, 6.07) is 15.2. The Hall–Kier alpha value is -2.33. The fourth-order valence-electron chi connectivity index (χ4n) is 4.16. The van der Waals surface area contributed by atoms with Crippen molar-refractivity contribution < 1.29 is 4.74 Å². The zero-order valence-electron chi connectivity index (χ0n) is 17.3. The maximum atomic E-state index is 6.01. The summed E-state index contributed by atoms with van der Waals surface area (Å²) in [5.74, 6) is 2.15. The van der Waals surface area contributed by atoms with Crippen LogP contribution in [0.15, 0.2) is 42.5 Å². The van der Waals surface area contributed by atoms with Gasteiger partial charge >= 0.3 is 0 Å². The molecule has 0 amide bonds. The van der Waals surface area contributed by atoms with Crippen molar-refractivity contribution in [3.05, 3.63) is 59.4 Å². The summed E-state index contributed by atoms with van der Waals surface area (Å²) in [4.78, 5) is 7.55. The highest BCUT2D eigenvalue weighted by Gasteiger charge is 2.24. The van der Waals surface area contributed by atoms with E-state index in [2.05, 4.69) is 72.7 Å². The van der Waals surface area contributed by atoms with Crippen molar-refractivity contribution >= 4 is 11.0 Å². The van der Waals surface area contributed by atoms with Crippen LogP contribution in [0.4, 0.5) is 0 Å². The lowest BCUT2D eigenvalue weighted by Crippen LogP contribution is -2.26. The van der Waals surface area contributed by atoms with Crippen LogP contribution in [0.5, 0.6) is 5.75 Å². The molecule has 28 heavy (non-hydrogen) atoms. The summed E-state index contributed by atoms with van der Waals surface area (Å²) >= 11 is 0. The number of hydrogen-bond acceptors (Lipinski definition) is 3. The number of para-hydroxylation sites is 2. The number of fused-ring (bicyclic) bond motifs is 1. The van der Waals surface area contributed by atoms with Crippen molar-refractivity contribution in [2.24, 2.45) is 0 Å². The molecule has 1 aliphatic heterocycles. The molecule has 148 valence electrons. The van der Waals surface area contributed by atoms with E-state index in [1.165, 1.54) is 48.4 Å². The second-order valence-electron chi connectivity index (χ2n) is 7.98. The van der Waals surface area contributed by atoms with Crippen LogP contribution in [0, 0.1) is 13.8 Å². The van der Waals surface area contributed by atoms with Gasteiger partial charge in [-0.3, -0.25) is 4.90 Å². The molecule has 4 nitrogen and oxygen atoms in total. The molecule has 4 heteroatoms. The molecule has 0 aliphatic carbocycles. The predicted octanol–water partition coefficient (Wildman–Crippen LogP) is 5.28. The first-order valence-corrected chi connectivity index (χ1v) is 10.5. The molecule has 3 aromatic rings. The molecule has 1 fully saturated rings. The van der Waals surface area contributed by atoms with Crippen LogP contribution >= 0.6 is 0 Å². The number of imidazole rings is 1. The molecule has 0 radical (unpaired) electrons. The Morgan fingerprint density at radius 2 is 1.82 bits per heavy atom. The molecule has 0 saturated carbocycles. The van der Waals surface area contributed by atoms with Gasteiger partial charge in [0.05, 0.1) is 23.7 Å². The molecule has 0 bridgehead atoms. The van der Waals surface area contributed by atoms with Crippen LogP contribution < -0.4 is 4.74 Å². The van der Waals surface area contributed by atoms with E-state index < -0.39 is 0 Å². The van der Waals surface area contributed by atoms with E-state index in [9.17, 15) is 0 Å². The first-order chi connectivity index (χ1) is 13.6. The summed E-state index contributed by atoms with van der Waals surface area (Å²) in [5.41, 5.74) is 4.91. The Kier molecular flexibility index (Phi) is 5.67. The molecular weight excluding hydrogens is 346 g/mol. The number of benzene rings is 2. The van der Waals surface area contributed by atoms with Crippen LogP contribution in [-0.2, 0) is 6.54 Å². The van der Waals surface area contributed by atoms with Crippen molar-refractivity contribution in [2.45, 2.75) is 52.6 Å². The Balaban J connectivity index is 1.47. The topological polar surface area (TPSA) is 30.3 Å². The van der Waals surface area contributed by atoms with E-state index in [0.717, 1.165) is 24.2 Å². The maximum absolute atomic E-state index is 6.01. The van der Waals surface area contributed by atoms with Crippen molar-refractivity contribution in [1.29, 1.82) is 0 Å². The predicted molar refractivity (Wildman–Crippen MR) is 115 cm³/mol. The summed E-state index contributed by atoms with van der Waals surface area (Å²) < 4.78 is 8.41. The van der Waals surface area contributed by atoms with Crippen molar-refractivity contribution in [3.63, 3.8) is 0 Å². The number of hydrogen-bond donors (Lipinski definition) is 0. The number of nitrogens with zero attached hydrogens (tertiary/aromatic N) is 3. The van der Waals surface area contributed by atoms with Crippen molar-refractivity contribution in [3.8, 4) is 5.75 Å². The van der Waals surface area contributed by atoms with E-state index in [1.807, 2.05) is 0 Å². The number of ether oxygens (including phenoxy) is 1. The number of aromatic nitrogens is 2. The lowest BCUT2D eigenvalue weighted by atomic mass is 10.1. The fourth-order valence-corrected chi connectivity index (χ4v) is 4.16. The van der Waals surface area contributed by atoms with Crippen LogP contribution in [-0.4, -0.2) is 34.1 Å². The second-order valence-corrected chi connectivity index (χ2v) is 7.98. The average molecular weight is 378 g/mol. The quantitative estimate of drug-likeness (QED) is 0.525. The van der Waals surface area contributed by atoms with Crippen molar-refractivity contribution in [1.82, 2.24) is 14.5 Å². The van der Waals surface area contributed by atoms with Gasteiger partial charge in [0, 0.05) is 6.54 Å². The third-order valence-electron chi connectivity index (χ3n) is 6.02. The van der Waals surface area contributed by atoms with Crippen molar-refractivity contribution in [2.75, 3.05) is 19.7 Å². The molecule has 1 saturated heterocycles. The van der Waals surface area contributed by atoms with Gasteiger partial charge in [-0.25, -0.2) is 4.98 Å². The molecule has 0 spiro atoms. The van der Waals surface area contributed by atoms with E-state index in [4.69, 9.17) is 9.72 Å². The van der Waals surface area contributed by atoms with Crippen LogP contribution in [0.3, 0.4) is 0 Å². The van der Waals surface area contributed by atoms with Crippen LogP contribution in [0.25, 0.3) is 11.0 Å². The molecule has 1 aliphatic rings. The van der Waals surface area contributed by atoms with Gasteiger partial charge in [0.1, 0.15) is 11.6 Å². The smallest absolute Gasteiger partial charge is 0.127 e. The zero-order valence-corrected chi connectivity index (χ0v) is 17.3. The van der Waals surface area contributed by atoms with E-state index >= 15 is 0 Å². The van der Waals surface area contributed by atoms with Gasteiger partial charge < -0.3 is 9.30 Å². The molecule has 1 aromatic heterocycles. The molecule has 4 rings (SSSR count). The van der Waals surface area contributed by atoms with E-state index in [-0.39, 0.29) is 0 Å². The number of aryl methyl sites for hydroxylation is 3. The van der Waals surface area contributed by atoms with Gasteiger partial charge in [-0.2, -0.15) is 0 Å². The van der Waals surface area contributed by atoms with E-state index in [0.29, 0.717) is 12.6 Å². The highest BCUT2D eigenvalue weighted by atomic mass is 16.5. The second kappa shape index (κ2) is 8.36. The van der Waals surface area contributed by atoms with E-state index in [1.54, 1.807) is 0 Å². The normalized spacial score (nSPS) is 16.0. The SMILES string of the molecule is Cc1ccc(OCCCn2c(C(C)N3CCCC3)nc3ccccc32)cc1C. The zero-order chi connectivity index (χ0) is 19.5. The minimum absolute atomic E-state index is 0.357. The average Bonchev–Trinajstić information content (AvgIpc) is 3.36.